The summed E-state index contributed by atoms with van der Waals surface area (Å²) in [6.07, 6.45) is 0. The molecule has 0 N–H and O–H groups in total. The molecule has 5 heterocycles. The van der Waals surface area contributed by atoms with Crippen molar-refractivity contribution in [3.63, 3.8) is 0 Å². The molecule has 0 aliphatic heterocycles. The zero-order valence-corrected chi connectivity index (χ0v) is 35.1. The van der Waals surface area contributed by atoms with Gasteiger partial charge in [-0.1, -0.05) is 146 Å². The average Bonchev–Trinajstić information content (AvgIpc) is 4.03. The highest BCUT2D eigenvalue weighted by Crippen LogP contribution is 2.44. The van der Waals surface area contributed by atoms with Crippen LogP contribution in [0.2, 0.25) is 0 Å². The van der Waals surface area contributed by atoms with E-state index in [0.717, 1.165) is 92.2 Å². The molecule has 8 heteroatoms. The average molecular weight is 841 g/mol. The van der Waals surface area contributed by atoms with E-state index in [1.807, 2.05) is 24.3 Å². The number of nitrogens with zero attached hydrogens (tertiary/aromatic N) is 6. The first-order valence-electron chi connectivity index (χ1n) is 20.8. The quantitative estimate of drug-likeness (QED) is 0.167. The summed E-state index contributed by atoms with van der Waals surface area (Å²) < 4.78 is 6.79. The van der Waals surface area contributed by atoms with Crippen LogP contribution in [-0.2, 0) is 0 Å². The monoisotopic (exact) mass is 840 g/mol. The first kappa shape index (κ1) is 35.8. The lowest BCUT2D eigenvalue weighted by Gasteiger charge is -2.11. The second-order valence-corrected chi connectivity index (χ2v) is 17.7. The van der Waals surface area contributed by atoms with Crippen molar-refractivity contribution in [3.05, 3.63) is 194 Å². The Kier molecular flexibility index (Phi) is 8.15. The van der Waals surface area contributed by atoms with Gasteiger partial charge in [-0.05, 0) is 59.7 Å². The molecule has 0 aliphatic rings. The molecule has 0 unspecified atom stereocenters. The molecule has 0 saturated carbocycles. The van der Waals surface area contributed by atoms with Gasteiger partial charge in [0.1, 0.15) is 0 Å². The number of hydrogen-bond donors (Lipinski definition) is 0. The van der Waals surface area contributed by atoms with Crippen molar-refractivity contribution in [1.29, 1.82) is 0 Å². The molecule has 0 atom stereocenters. The minimum atomic E-state index is 0.567. The summed E-state index contributed by atoms with van der Waals surface area (Å²) in [6.45, 7) is 0. The Bertz CT molecular complexity index is 3910. The van der Waals surface area contributed by atoms with E-state index in [2.05, 4.69) is 174 Å². The van der Waals surface area contributed by atoms with E-state index in [0.29, 0.717) is 17.6 Å². The summed E-state index contributed by atoms with van der Waals surface area (Å²) in [5, 5.41) is 5.71. The highest BCUT2D eigenvalue weighted by Gasteiger charge is 2.21. The fraction of sp³-hybridized carbons (Fsp3) is 0. The number of aromatic nitrogens is 6. The lowest BCUT2D eigenvalue weighted by molar-refractivity contribution is 0.954. The van der Waals surface area contributed by atoms with Gasteiger partial charge in [0, 0.05) is 63.3 Å². The van der Waals surface area contributed by atoms with Gasteiger partial charge in [0.25, 0.3) is 0 Å². The van der Waals surface area contributed by atoms with Crippen LogP contribution in [0.1, 0.15) is 0 Å². The number of rotatable bonds is 6. The molecule has 6 nitrogen and oxygen atoms in total. The summed E-state index contributed by atoms with van der Waals surface area (Å²) >= 11 is 3.52. The molecule has 13 aromatic rings. The summed E-state index contributed by atoms with van der Waals surface area (Å²) in [4.78, 5) is 26.3. The summed E-state index contributed by atoms with van der Waals surface area (Å²) in [5.74, 6) is 2.51. The highest BCUT2D eigenvalue weighted by molar-refractivity contribution is 7.26. The molecule has 63 heavy (non-hydrogen) atoms. The molecule has 0 fully saturated rings. The van der Waals surface area contributed by atoms with Crippen molar-refractivity contribution in [2.24, 2.45) is 0 Å². The van der Waals surface area contributed by atoms with Gasteiger partial charge < -0.3 is 0 Å². The third-order valence-electron chi connectivity index (χ3n) is 11.9. The standard InChI is InChI=1S/C55H32N6S2/c1-4-15-33(16-5-1)36-27-29-45-42(31-36)38-21-10-12-25-44(38)61(45)55-59-52(35-19-8-3-9-20-35)58-53(60-55)37-28-30-47-43(32-37)39-23-14-24-41(50(39)62-47)54-56-48(34-17-6-2-7-18-34)51-49(57-54)40-22-11-13-26-46(40)63-51/h1-32H. The van der Waals surface area contributed by atoms with Gasteiger partial charge in [0.15, 0.2) is 17.5 Å². The van der Waals surface area contributed by atoms with Crippen molar-refractivity contribution in [2.75, 3.05) is 0 Å². The maximum atomic E-state index is 5.33. The van der Waals surface area contributed by atoms with Crippen LogP contribution in [0.15, 0.2) is 194 Å². The topological polar surface area (TPSA) is 69.4 Å². The molecule has 0 aliphatic carbocycles. The van der Waals surface area contributed by atoms with E-state index < -0.39 is 0 Å². The van der Waals surface area contributed by atoms with Gasteiger partial charge in [0.2, 0.25) is 5.95 Å². The first-order chi connectivity index (χ1) is 31.2. The van der Waals surface area contributed by atoms with Crippen LogP contribution in [0, 0.1) is 0 Å². The van der Waals surface area contributed by atoms with Crippen LogP contribution in [0.25, 0.3) is 125 Å². The molecule has 0 radical (unpaired) electrons. The lowest BCUT2D eigenvalue weighted by Crippen LogP contribution is -2.06. The van der Waals surface area contributed by atoms with Crippen LogP contribution in [0.3, 0.4) is 0 Å². The van der Waals surface area contributed by atoms with Gasteiger partial charge in [0.05, 0.1) is 26.9 Å². The van der Waals surface area contributed by atoms with Crippen LogP contribution >= 0.6 is 22.7 Å². The third kappa shape index (κ3) is 5.87. The second kappa shape index (κ2) is 14.3. The molecule has 0 amide bonds. The van der Waals surface area contributed by atoms with Gasteiger partial charge in [-0.15, -0.1) is 22.7 Å². The van der Waals surface area contributed by atoms with Crippen LogP contribution in [0.5, 0.6) is 0 Å². The van der Waals surface area contributed by atoms with Crippen molar-refractivity contribution in [1.82, 2.24) is 29.5 Å². The second-order valence-electron chi connectivity index (χ2n) is 15.6. The van der Waals surface area contributed by atoms with Crippen molar-refractivity contribution in [3.8, 4) is 62.5 Å². The molecular weight excluding hydrogens is 809 g/mol. The van der Waals surface area contributed by atoms with Gasteiger partial charge in [-0.3, -0.25) is 4.57 Å². The van der Waals surface area contributed by atoms with Crippen LogP contribution in [-0.4, -0.2) is 29.5 Å². The number of thiophene rings is 2. The minimum absolute atomic E-state index is 0.567. The summed E-state index contributed by atoms with van der Waals surface area (Å²) in [6, 6.07) is 67.9. The van der Waals surface area contributed by atoms with Crippen LogP contribution < -0.4 is 0 Å². The Hall–Kier alpha value is -7.91. The Morgan fingerprint density at radius 2 is 0.937 bits per heavy atom. The molecule has 0 saturated heterocycles. The zero-order chi connectivity index (χ0) is 41.4. The van der Waals surface area contributed by atoms with E-state index in [1.165, 1.54) is 15.0 Å². The molecule has 8 aromatic carbocycles. The summed E-state index contributed by atoms with van der Waals surface area (Å²) in [5.41, 5.74) is 10.3. The van der Waals surface area contributed by atoms with E-state index >= 15 is 0 Å². The Labute approximate surface area is 369 Å². The predicted molar refractivity (Wildman–Crippen MR) is 263 cm³/mol. The Balaban J connectivity index is 0.993. The smallest absolute Gasteiger partial charge is 0.238 e. The number of benzene rings is 8. The molecule has 5 aromatic heterocycles. The van der Waals surface area contributed by atoms with E-state index in [4.69, 9.17) is 24.9 Å². The van der Waals surface area contributed by atoms with Crippen LogP contribution in [0.4, 0.5) is 0 Å². The SMILES string of the molecule is c1ccc(-c2ccc3c(c2)c2ccccc2n3-c2nc(-c3ccccc3)nc(-c3ccc4sc5c(-c6nc(-c7ccccc7)c7sc8ccccc8c7n6)cccc5c4c3)n2)cc1. The molecule has 294 valence electrons. The molecule has 0 spiro atoms. The molecule has 13 rings (SSSR count). The number of hydrogen-bond acceptors (Lipinski definition) is 7. The van der Waals surface area contributed by atoms with E-state index in [1.54, 1.807) is 22.7 Å². The van der Waals surface area contributed by atoms with Gasteiger partial charge in [-0.2, -0.15) is 9.97 Å². The maximum absolute atomic E-state index is 5.33. The zero-order valence-electron chi connectivity index (χ0n) is 33.5. The van der Waals surface area contributed by atoms with Crippen molar-refractivity contribution >= 4 is 85.0 Å². The first-order valence-corrected chi connectivity index (χ1v) is 22.5. The van der Waals surface area contributed by atoms with Gasteiger partial charge >= 0.3 is 0 Å². The van der Waals surface area contributed by atoms with Gasteiger partial charge in [-0.25, -0.2) is 15.0 Å². The normalized spacial score (nSPS) is 11.8. The Morgan fingerprint density at radius 1 is 0.333 bits per heavy atom. The van der Waals surface area contributed by atoms with Crippen molar-refractivity contribution < 1.29 is 0 Å². The highest BCUT2D eigenvalue weighted by atomic mass is 32.1. The minimum Gasteiger partial charge on any atom is -0.278 e. The summed E-state index contributed by atoms with van der Waals surface area (Å²) in [7, 11) is 0. The Morgan fingerprint density at radius 3 is 1.75 bits per heavy atom. The molecular formula is C55H32N6S2. The molecule has 0 bridgehead atoms. The van der Waals surface area contributed by atoms with Crippen molar-refractivity contribution in [2.45, 2.75) is 0 Å². The fourth-order valence-corrected chi connectivity index (χ4v) is 11.3. The van der Waals surface area contributed by atoms with E-state index in [9.17, 15) is 0 Å². The van der Waals surface area contributed by atoms with E-state index in [-0.39, 0.29) is 0 Å². The lowest BCUT2D eigenvalue weighted by atomic mass is 10.0. The maximum Gasteiger partial charge on any atom is 0.238 e. The fourth-order valence-electron chi connectivity index (χ4n) is 8.93. The largest absolute Gasteiger partial charge is 0.278 e. The predicted octanol–water partition coefficient (Wildman–Crippen LogP) is 14.8. The third-order valence-corrected chi connectivity index (χ3v) is 14.3. The number of para-hydroxylation sites is 1. The number of fused-ring (bicyclic) bond motifs is 9.